The lowest BCUT2D eigenvalue weighted by Crippen LogP contribution is -2.45. The maximum absolute atomic E-state index is 12.4. The normalized spacial score (nSPS) is 15.7. The molecule has 0 atom stereocenters. The Labute approximate surface area is 168 Å². The Hall–Kier alpha value is -1.70. The van der Waals surface area contributed by atoms with E-state index in [2.05, 4.69) is 39.8 Å². The number of hydrogen-bond donors (Lipinski definition) is 2. The molecule has 144 valence electrons. The fraction of sp³-hybridized carbons (Fsp3) is 0.350. The molecule has 0 spiro atoms. The second-order valence-corrected chi connectivity index (χ2v) is 8.01. The summed E-state index contributed by atoms with van der Waals surface area (Å²) in [6.45, 7) is 3.06. The first-order valence-electron chi connectivity index (χ1n) is 8.97. The fourth-order valence-corrected chi connectivity index (χ4v) is 3.93. The number of thioether (sulfide) groups is 1. The Bertz CT molecular complexity index is 718. The highest BCUT2D eigenvalue weighted by Gasteiger charge is 2.19. The van der Waals surface area contributed by atoms with Crippen LogP contribution < -0.4 is 10.6 Å². The van der Waals surface area contributed by atoms with Gasteiger partial charge in [0.1, 0.15) is 0 Å². The Balaban J connectivity index is 1.40. The van der Waals surface area contributed by atoms with Gasteiger partial charge in [-0.05, 0) is 54.9 Å². The third-order valence-corrected chi connectivity index (χ3v) is 5.45. The molecule has 0 amide bonds. The van der Waals surface area contributed by atoms with Gasteiger partial charge in [0.2, 0.25) is 0 Å². The van der Waals surface area contributed by atoms with Gasteiger partial charge < -0.3 is 10.6 Å². The monoisotopic (exact) mass is 407 g/mol. The van der Waals surface area contributed by atoms with E-state index in [9.17, 15) is 8.78 Å². The lowest BCUT2D eigenvalue weighted by Gasteiger charge is -2.33. The number of piperidine rings is 1. The molecule has 0 aliphatic carbocycles. The number of nitrogens with zero attached hydrogens (tertiary/aromatic N) is 1. The minimum absolute atomic E-state index is 0.352. The van der Waals surface area contributed by atoms with Crippen molar-refractivity contribution in [1.29, 1.82) is 0 Å². The van der Waals surface area contributed by atoms with Crippen molar-refractivity contribution >= 4 is 34.8 Å². The molecule has 2 N–H and O–H groups in total. The quantitative estimate of drug-likeness (QED) is 0.522. The first-order valence-corrected chi connectivity index (χ1v) is 10.3. The highest BCUT2D eigenvalue weighted by atomic mass is 32.2. The minimum atomic E-state index is -2.40. The van der Waals surface area contributed by atoms with E-state index in [0.29, 0.717) is 27.8 Å². The molecule has 3 nitrogen and oxygen atoms in total. The SMILES string of the molecule is FC(F)Sc1ccc(NC(=S)NC2CCN(Cc3ccccc3)CC2)cc1. The van der Waals surface area contributed by atoms with Gasteiger partial charge in [-0.25, -0.2) is 0 Å². The third-order valence-electron chi connectivity index (χ3n) is 4.51. The Kier molecular flexibility index (Phi) is 7.43. The molecule has 2 aromatic rings. The summed E-state index contributed by atoms with van der Waals surface area (Å²) in [4.78, 5) is 3.00. The van der Waals surface area contributed by atoms with Crippen LogP contribution in [-0.4, -0.2) is 34.9 Å². The van der Waals surface area contributed by atoms with Gasteiger partial charge in [0.25, 0.3) is 5.76 Å². The average Bonchev–Trinajstić information content (AvgIpc) is 2.65. The summed E-state index contributed by atoms with van der Waals surface area (Å²) in [7, 11) is 0. The van der Waals surface area contributed by atoms with E-state index >= 15 is 0 Å². The number of benzene rings is 2. The van der Waals surface area contributed by atoms with Crippen LogP contribution in [0.4, 0.5) is 14.5 Å². The standard InChI is InChI=1S/C20H23F2N3S2/c21-19(22)27-18-8-6-16(7-9-18)23-20(26)24-17-10-12-25(13-11-17)14-15-4-2-1-3-5-15/h1-9,17,19H,10-14H2,(H2,23,24,26). The van der Waals surface area contributed by atoms with Crippen LogP contribution >= 0.6 is 24.0 Å². The van der Waals surface area contributed by atoms with Crippen molar-refractivity contribution in [2.45, 2.75) is 36.1 Å². The van der Waals surface area contributed by atoms with E-state index in [1.54, 1.807) is 24.3 Å². The molecule has 7 heteroatoms. The summed E-state index contributed by atoms with van der Waals surface area (Å²) in [5.41, 5.74) is 2.14. The van der Waals surface area contributed by atoms with Gasteiger partial charge in [0, 0.05) is 36.3 Å². The molecule has 0 saturated carbocycles. The number of halogens is 2. The summed E-state index contributed by atoms with van der Waals surface area (Å²) in [5, 5.41) is 7.07. The van der Waals surface area contributed by atoms with Crippen LogP contribution in [0.5, 0.6) is 0 Å². The van der Waals surface area contributed by atoms with Crippen LogP contribution in [0.15, 0.2) is 59.5 Å². The first-order chi connectivity index (χ1) is 13.1. The van der Waals surface area contributed by atoms with E-state index in [0.717, 1.165) is 38.2 Å². The summed E-state index contributed by atoms with van der Waals surface area (Å²) in [6.07, 6.45) is 2.08. The smallest absolute Gasteiger partial charge is 0.288 e. The van der Waals surface area contributed by atoms with E-state index < -0.39 is 5.76 Å². The van der Waals surface area contributed by atoms with Crippen molar-refractivity contribution in [1.82, 2.24) is 10.2 Å². The van der Waals surface area contributed by atoms with E-state index in [1.165, 1.54) is 5.56 Å². The first kappa shape index (κ1) is 20.0. The zero-order valence-corrected chi connectivity index (χ0v) is 16.5. The molecule has 1 aliphatic rings. The third kappa shape index (κ3) is 6.75. The van der Waals surface area contributed by atoms with E-state index in [-0.39, 0.29) is 0 Å². The molecule has 0 bridgehead atoms. The van der Waals surface area contributed by atoms with Gasteiger partial charge in [0.15, 0.2) is 5.11 Å². The molecule has 1 heterocycles. The van der Waals surface area contributed by atoms with E-state index in [1.807, 2.05) is 6.07 Å². The highest BCUT2D eigenvalue weighted by molar-refractivity contribution is 7.99. The predicted molar refractivity (Wildman–Crippen MR) is 112 cm³/mol. The van der Waals surface area contributed by atoms with Gasteiger partial charge in [-0.15, -0.1) is 0 Å². The predicted octanol–water partition coefficient (Wildman–Crippen LogP) is 4.95. The molecule has 2 aromatic carbocycles. The molecule has 1 aliphatic heterocycles. The lowest BCUT2D eigenvalue weighted by molar-refractivity contribution is 0.199. The molecule has 0 radical (unpaired) electrons. The number of rotatable bonds is 6. The second-order valence-electron chi connectivity index (χ2n) is 6.54. The zero-order chi connectivity index (χ0) is 19.1. The summed E-state index contributed by atoms with van der Waals surface area (Å²) >= 11 is 5.93. The van der Waals surface area contributed by atoms with Gasteiger partial charge >= 0.3 is 0 Å². The second kappa shape index (κ2) is 10.0. The molecular formula is C20H23F2N3S2. The fourth-order valence-electron chi connectivity index (χ4n) is 3.15. The number of likely N-dealkylation sites (tertiary alicyclic amines) is 1. The number of alkyl halides is 2. The van der Waals surface area contributed by atoms with Crippen LogP contribution in [0.1, 0.15) is 18.4 Å². The topological polar surface area (TPSA) is 27.3 Å². The molecule has 1 fully saturated rings. The van der Waals surface area contributed by atoms with Crippen LogP contribution in [0.2, 0.25) is 0 Å². The van der Waals surface area contributed by atoms with Crippen LogP contribution in [0.3, 0.4) is 0 Å². The summed E-state index contributed by atoms with van der Waals surface area (Å²) in [6, 6.07) is 17.7. The Morgan fingerprint density at radius 3 is 2.37 bits per heavy atom. The number of thiocarbonyl (C=S) groups is 1. The zero-order valence-electron chi connectivity index (χ0n) is 14.9. The van der Waals surface area contributed by atoms with Gasteiger partial charge in [-0.1, -0.05) is 42.1 Å². The summed E-state index contributed by atoms with van der Waals surface area (Å²) < 4.78 is 24.7. The van der Waals surface area contributed by atoms with Crippen molar-refractivity contribution in [3.8, 4) is 0 Å². The van der Waals surface area contributed by atoms with Gasteiger partial charge in [-0.2, -0.15) is 8.78 Å². The highest BCUT2D eigenvalue weighted by Crippen LogP contribution is 2.26. The van der Waals surface area contributed by atoms with Crippen LogP contribution in [0, 0.1) is 0 Å². The van der Waals surface area contributed by atoms with E-state index in [4.69, 9.17) is 12.2 Å². The summed E-state index contributed by atoms with van der Waals surface area (Å²) in [5.74, 6) is -2.40. The van der Waals surface area contributed by atoms with Crippen molar-refractivity contribution in [3.63, 3.8) is 0 Å². The number of anilines is 1. The van der Waals surface area contributed by atoms with Crippen molar-refractivity contribution in [2.24, 2.45) is 0 Å². The lowest BCUT2D eigenvalue weighted by atomic mass is 10.0. The largest absolute Gasteiger partial charge is 0.360 e. The maximum Gasteiger partial charge on any atom is 0.288 e. The number of hydrogen-bond acceptors (Lipinski definition) is 3. The molecule has 1 saturated heterocycles. The minimum Gasteiger partial charge on any atom is -0.360 e. The molecular weight excluding hydrogens is 384 g/mol. The van der Waals surface area contributed by atoms with Gasteiger partial charge in [-0.3, -0.25) is 4.90 Å². The number of nitrogens with one attached hydrogen (secondary N) is 2. The molecule has 0 unspecified atom stereocenters. The molecule has 3 rings (SSSR count). The maximum atomic E-state index is 12.4. The van der Waals surface area contributed by atoms with Crippen molar-refractivity contribution < 1.29 is 8.78 Å². The van der Waals surface area contributed by atoms with Crippen molar-refractivity contribution in [2.75, 3.05) is 18.4 Å². The molecule has 0 aromatic heterocycles. The van der Waals surface area contributed by atoms with Crippen LogP contribution in [-0.2, 0) is 6.54 Å². The molecule has 27 heavy (non-hydrogen) atoms. The average molecular weight is 408 g/mol. The Morgan fingerprint density at radius 1 is 1.07 bits per heavy atom. The Morgan fingerprint density at radius 2 is 1.74 bits per heavy atom. The van der Waals surface area contributed by atoms with Gasteiger partial charge in [0.05, 0.1) is 0 Å². The van der Waals surface area contributed by atoms with Crippen LogP contribution in [0.25, 0.3) is 0 Å². The van der Waals surface area contributed by atoms with Crippen molar-refractivity contribution in [3.05, 3.63) is 60.2 Å².